The Morgan fingerprint density at radius 2 is 2.31 bits per heavy atom. The van der Waals surface area contributed by atoms with Crippen LogP contribution in [0.4, 0.5) is 4.39 Å². The third-order valence-corrected chi connectivity index (χ3v) is 2.00. The molecule has 1 aromatic carbocycles. The van der Waals surface area contributed by atoms with Crippen LogP contribution in [-0.4, -0.2) is 11.6 Å². The third-order valence-electron chi connectivity index (χ3n) is 1.27. The third kappa shape index (κ3) is 3.28. The fourth-order valence-electron chi connectivity index (χ4n) is 0.721. The van der Waals surface area contributed by atoms with Crippen LogP contribution in [0.5, 0.6) is 5.75 Å². The van der Waals surface area contributed by atoms with Crippen molar-refractivity contribution in [3.05, 3.63) is 28.5 Å². The first-order valence-corrected chi connectivity index (χ1v) is 4.66. The number of hydrogen-bond donors (Lipinski definition) is 1. The predicted molar refractivity (Wildman–Crippen MR) is 56.4 cm³/mol. The van der Waals surface area contributed by atoms with Gasteiger partial charge in [-0.15, -0.1) is 0 Å². The summed E-state index contributed by atoms with van der Waals surface area (Å²) < 4.78 is 18.2. The zero-order valence-electron chi connectivity index (χ0n) is 6.59. The molecule has 0 fully saturated rings. The molecule has 1 rings (SSSR count). The molecule has 0 saturated carbocycles. The van der Waals surface area contributed by atoms with Gasteiger partial charge in [0.25, 0.3) is 0 Å². The van der Waals surface area contributed by atoms with Gasteiger partial charge in [-0.2, -0.15) is 0 Å². The molecule has 1 aromatic rings. The minimum absolute atomic E-state index is 0.160. The second kappa shape index (κ2) is 4.53. The smallest absolute Gasteiger partial charge is 0.138 e. The summed E-state index contributed by atoms with van der Waals surface area (Å²) in [7, 11) is 0. The van der Waals surface area contributed by atoms with E-state index >= 15 is 0 Å². The average molecular weight is 264 g/mol. The van der Waals surface area contributed by atoms with Gasteiger partial charge in [0.05, 0.1) is 4.47 Å². The van der Waals surface area contributed by atoms with Crippen molar-refractivity contribution >= 4 is 33.1 Å². The van der Waals surface area contributed by atoms with Crippen LogP contribution in [-0.2, 0) is 0 Å². The zero-order valence-corrected chi connectivity index (χ0v) is 8.99. The highest BCUT2D eigenvalue weighted by atomic mass is 79.9. The molecule has 0 spiro atoms. The van der Waals surface area contributed by atoms with E-state index in [4.69, 9.17) is 10.5 Å². The topological polar surface area (TPSA) is 35.2 Å². The largest absolute Gasteiger partial charge is 0.486 e. The quantitative estimate of drug-likeness (QED) is 0.850. The van der Waals surface area contributed by atoms with E-state index in [2.05, 4.69) is 28.1 Å². The Labute approximate surface area is 89.0 Å². The Morgan fingerprint density at radius 3 is 2.85 bits per heavy atom. The normalized spacial score (nSPS) is 9.69. The zero-order chi connectivity index (χ0) is 9.84. The average Bonchev–Trinajstić information content (AvgIpc) is 2.07. The molecule has 0 aliphatic heterocycles. The van der Waals surface area contributed by atoms with Gasteiger partial charge in [0.1, 0.15) is 23.2 Å². The number of benzene rings is 1. The van der Waals surface area contributed by atoms with Crippen molar-refractivity contribution in [2.75, 3.05) is 6.61 Å². The maximum atomic E-state index is 12.7. The van der Waals surface area contributed by atoms with Crippen LogP contribution < -0.4 is 10.5 Å². The lowest BCUT2D eigenvalue weighted by molar-refractivity contribution is 0.376. The minimum Gasteiger partial charge on any atom is -0.486 e. The summed E-state index contributed by atoms with van der Waals surface area (Å²) in [6.07, 6.45) is 0. The van der Waals surface area contributed by atoms with Crippen molar-refractivity contribution in [1.82, 2.24) is 0 Å². The van der Waals surface area contributed by atoms with Crippen LogP contribution in [0.25, 0.3) is 0 Å². The molecule has 0 heterocycles. The molecule has 2 N–H and O–H groups in total. The molecule has 0 radical (unpaired) electrons. The molecule has 0 aromatic heterocycles. The number of hydrogen-bond acceptors (Lipinski definition) is 2. The van der Waals surface area contributed by atoms with E-state index in [0.717, 1.165) is 0 Å². The van der Waals surface area contributed by atoms with E-state index in [1.165, 1.54) is 18.2 Å². The molecule has 0 atom stereocenters. The van der Waals surface area contributed by atoms with Gasteiger partial charge in [-0.3, -0.25) is 0 Å². The molecule has 5 heteroatoms. The number of ether oxygens (including phenoxy) is 1. The predicted octanol–water partition coefficient (Wildman–Crippen LogP) is 2.25. The van der Waals surface area contributed by atoms with Crippen LogP contribution in [0, 0.1) is 5.82 Å². The van der Waals surface area contributed by atoms with E-state index in [9.17, 15) is 4.39 Å². The van der Waals surface area contributed by atoms with Crippen LogP contribution in [0.2, 0.25) is 0 Å². The van der Waals surface area contributed by atoms with Gasteiger partial charge in [-0.25, -0.2) is 4.39 Å². The van der Waals surface area contributed by atoms with Crippen LogP contribution >= 0.6 is 28.1 Å². The molecule has 0 saturated heterocycles. The fraction of sp³-hybridized carbons (Fsp3) is 0.125. The van der Waals surface area contributed by atoms with E-state index in [-0.39, 0.29) is 17.4 Å². The van der Waals surface area contributed by atoms with E-state index < -0.39 is 0 Å². The number of rotatable bonds is 3. The van der Waals surface area contributed by atoms with Crippen LogP contribution in [0.15, 0.2) is 22.7 Å². The van der Waals surface area contributed by atoms with Crippen molar-refractivity contribution in [2.24, 2.45) is 5.73 Å². The van der Waals surface area contributed by atoms with Crippen molar-refractivity contribution in [2.45, 2.75) is 0 Å². The molecule has 13 heavy (non-hydrogen) atoms. The SMILES string of the molecule is NC(=S)COc1ccc(F)c(Br)c1. The molecular weight excluding hydrogens is 257 g/mol. The number of nitrogens with two attached hydrogens (primary N) is 1. The summed E-state index contributed by atoms with van der Waals surface area (Å²) in [5.74, 6) is 0.198. The summed E-state index contributed by atoms with van der Waals surface area (Å²) in [4.78, 5) is 0.264. The summed E-state index contributed by atoms with van der Waals surface area (Å²) in [6.45, 7) is 0.160. The van der Waals surface area contributed by atoms with Crippen molar-refractivity contribution in [1.29, 1.82) is 0 Å². The van der Waals surface area contributed by atoms with Gasteiger partial charge in [0.2, 0.25) is 0 Å². The van der Waals surface area contributed by atoms with E-state index in [1.807, 2.05) is 0 Å². The van der Waals surface area contributed by atoms with Crippen molar-refractivity contribution < 1.29 is 9.13 Å². The lowest BCUT2D eigenvalue weighted by Crippen LogP contribution is -2.17. The maximum absolute atomic E-state index is 12.7. The standard InChI is InChI=1S/C8H7BrFNOS/c9-6-3-5(1-2-7(6)10)12-4-8(11)13/h1-3H,4H2,(H2,11,13). The Hall–Kier alpha value is -0.680. The van der Waals surface area contributed by atoms with Crippen LogP contribution in [0.3, 0.4) is 0 Å². The molecule has 0 amide bonds. The van der Waals surface area contributed by atoms with E-state index in [0.29, 0.717) is 10.2 Å². The summed E-state index contributed by atoms with van der Waals surface area (Å²) in [5, 5.41) is 0. The molecule has 0 aliphatic carbocycles. The highest BCUT2D eigenvalue weighted by Crippen LogP contribution is 2.21. The first kappa shape index (κ1) is 10.4. The molecular formula is C8H7BrFNOS. The highest BCUT2D eigenvalue weighted by Gasteiger charge is 2.01. The Kier molecular flexibility index (Phi) is 3.62. The van der Waals surface area contributed by atoms with Gasteiger partial charge in [0.15, 0.2) is 0 Å². The van der Waals surface area contributed by atoms with Gasteiger partial charge < -0.3 is 10.5 Å². The first-order chi connectivity index (χ1) is 6.09. The summed E-state index contributed by atoms with van der Waals surface area (Å²) >= 11 is 7.65. The highest BCUT2D eigenvalue weighted by molar-refractivity contribution is 9.10. The summed E-state index contributed by atoms with van der Waals surface area (Å²) in [6, 6.07) is 4.34. The first-order valence-electron chi connectivity index (χ1n) is 3.46. The molecule has 0 aliphatic rings. The maximum Gasteiger partial charge on any atom is 0.138 e. The molecule has 70 valence electrons. The fourth-order valence-corrected chi connectivity index (χ4v) is 1.14. The number of thiocarbonyl (C=S) groups is 1. The van der Waals surface area contributed by atoms with Gasteiger partial charge >= 0.3 is 0 Å². The van der Waals surface area contributed by atoms with Gasteiger partial charge in [-0.1, -0.05) is 12.2 Å². The molecule has 0 unspecified atom stereocenters. The Morgan fingerprint density at radius 1 is 1.62 bits per heavy atom. The minimum atomic E-state index is -0.331. The van der Waals surface area contributed by atoms with Crippen LogP contribution in [0.1, 0.15) is 0 Å². The van der Waals surface area contributed by atoms with Crippen molar-refractivity contribution in [3.8, 4) is 5.75 Å². The van der Waals surface area contributed by atoms with E-state index in [1.54, 1.807) is 0 Å². The monoisotopic (exact) mass is 263 g/mol. The van der Waals surface area contributed by atoms with Crippen molar-refractivity contribution in [3.63, 3.8) is 0 Å². The lowest BCUT2D eigenvalue weighted by Gasteiger charge is -2.04. The Bertz CT molecular complexity index is 332. The lowest BCUT2D eigenvalue weighted by atomic mass is 10.3. The number of halogens is 2. The van der Waals surface area contributed by atoms with Gasteiger partial charge in [0, 0.05) is 0 Å². The second-order valence-corrected chi connectivity index (χ2v) is 3.71. The van der Waals surface area contributed by atoms with Gasteiger partial charge in [-0.05, 0) is 34.1 Å². The summed E-state index contributed by atoms with van der Waals surface area (Å²) in [5.41, 5.74) is 5.23. The molecule has 2 nitrogen and oxygen atoms in total. The second-order valence-electron chi connectivity index (χ2n) is 2.33. The Balaban J connectivity index is 2.68. The molecule has 0 bridgehead atoms.